The molecule has 2 N–H and O–H groups in total. The first-order valence-corrected chi connectivity index (χ1v) is 4.65. The quantitative estimate of drug-likeness (QED) is 0.685. The van der Waals surface area contributed by atoms with Crippen molar-refractivity contribution < 1.29 is 9.59 Å². The maximum absolute atomic E-state index is 11.5. The first-order chi connectivity index (χ1) is 7.20. The Hall–Kier alpha value is -1.84. The number of aryl methyl sites for hydroxylation is 1. The molecule has 1 aromatic rings. The van der Waals surface area contributed by atoms with E-state index in [1.165, 1.54) is 0 Å². The second kappa shape index (κ2) is 3.73. The third kappa shape index (κ3) is 1.70. The van der Waals surface area contributed by atoms with Crippen LogP contribution in [0.25, 0.3) is 0 Å². The van der Waals surface area contributed by atoms with Gasteiger partial charge in [-0.3, -0.25) is 4.79 Å². The molecule has 0 saturated heterocycles. The predicted molar refractivity (Wildman–Crippen MR) is 55.1 cm³/mol. The van der Waals surface area contributed by atoms with Gasteiger partial charge in [-0.2, -0.15) is 0 Å². The molecular formula is C11H10N2O2. The molecule has 2 rings (SSSR count). The van der Waals surface area contributed by atoms with Gasteiger partial charge in [0.2, 0.25) is 5.91 Å². The van der Waals surface area contributed by atoms with Crippen LogP contribution < -0.4 is 10.6 Å². The summed E-state index contributed by atoms with van der Waals surface area (Å²) in [5.74, 6) is -0.465. The molecule has 0 aliphatic carbocycles. The van der Waals surface area contributed by atoms with Crippen LogP contribution in [-0.2, 0) is 11.2 Å². The Morgan fingerprint density at radius 2 is 2.13 bits per heavy atom. The van der Waals surface area contributed by atoms with Gasteiger partial charge in [-0.15, -0.1) is 0 Å². The summed E-state index contributed by atoms with van der Waals surface area (Å²) in [5.41, 5.74) is 6.68. The highest BCUT2D eigenvalue weighted by molar-refractivity contribution is 6.17. The summed E-state index contributed by atoms with van der Waals surface area (Å²) < 4.78 is 0. The second-order valence-corrected chi connectivity index (χ2v) is 3.28. The van der Waals surface area contributed by atoms with Gasteiger partial charge in [0, 0.05) is 0 Å². The average Bonchev–Trinajstić information content (AvgIpc) is 2.35. The van der Waals surface area contributed by atoms with Crippen molar-refractivity contribution in [2.24, 2.45) is 5.73 Å². The van der Waals surface area contributed by atoms with E-state index in [0.717, 1.165) is 10.5 Å². The minimum absolute atomic E-state index is 0.465. The van der Waals surface area contributed by atoms with Crippen LogP contribution in [-0.4, -0.2) is 11.9 Å². The van der Waals surface area contributed by atoms with E-state index in [4.69, 9.17) is 5.73 Å². The molecule has 3 amide bonds. The fraction of sp³-hybridized carbons (Fsp3) is 0.182. The van der Waals surface area contributed by atoms with Crippen molar-refractivity contribution >= 4 is 17.6 Å². The van der Waals surface area contributed by atoms with Crippen LogP contribution in [0.5, 0.6) is 0 Å². The van der Waals surface area contributed by atoms with Gasteiger partial charge in [-0.05, 0) is 24.5 Å². The van der Waals surface area contributed by atoms with E-state index in [-0.39, 0.29) is 0 Å². The number of fused-ring (bicyclic) bond motifs is 1. The van der Waals surface area contributed by atoms with Gasteiger partial charge in [-0.25, -0.2) is 9.69 Å². The Morgan fingerprint density at radius 1 is 1.40 bits per heavy atom. The number of rotatable bonds is 0. The molecule has 1 heterocycles. The normalized spacial score (nSPS) is 15.7. The molecule has 0 spiro atoms. The molecule has 0 aromatic heterocycles. The SMILES string of the molecule is NC(=O)N1C(=O)[C]CCc2ccccc21. The molecule has 2 radical (unpaired) electrons. The highest BCUT2D eigenvalue weighted by Gasteiger charge is 2.26. The molecule has 0 saturated carbocycles. The van der Waals surface area contributed by atoms with Crippen molar-refractivity contribution in [1.82, 2.24) is 0 Å². The lowest BCUT2D eigenvalue weighted by atomic mass is 10.1. The Morgan fingerprint density at radius 3 is 2.87 bits per heavy atom. The number of hydrogen-bond donors (Lipinski definition) is 1. The monoisotopic (exact) mass is 202 g/mol. The van der Waals surface area contributed by atoms with Gasteiger partial charge in [0.15, 0.2) is 0 Å². The van der Waals surface area contributed by atoms with Crippen molar-refractivity contribution in [2.75, 3.05) is 4.90 Å². The molecule has 1 aromatic carbocycles. The summed E-state index contributed by atoms with van der Waals surface area (Å²) in [6.07, 6.45) is 3.82. The minimum atomic E-state index is -0.762. The van der Waals surface area contributed by atoms with Gasteiger partial charge < -0.3 is 5.73 Å². The number of anilines is 1. The molecule has 0 fully saturated rings. The summed E-state index contributed by atoms with van der Waals surface area (Å²) in [6, 6.07) is 6.47. The molecule has 4 heteroatoms. The van der Waals surface area contributed by atoms with Gasteiger partial charge in [-0.1, -0.05) is 18.2 Å². The number of hydrogen-bond acceptors (Lipinski definition) is 2. The summed E-state index contributed by atoms with van der Waals surface area (Å²) in [6.45, 7) is 0. The number of urea groups is 1. The second-order valence-electron chi connectivity index (χ2n) is 3.28. The van der Waals surface area contributed by atoms with E-state index in [1.54, 1.807) is 12.1 Å². The lowest BCUT2D eigenvalue weighted by Gasteiger charge is -2.17. The summed E-state index contributed by atoms with van der Waals surface area (Å²) in [4.78, 5) is 23.7. The van der Waals surface area contributed by atoms with Crippen LogP contribution in [0.15, 0.2) is 24.3 Å². The number of amides is 3. The molecule has 0 unspecified atom stereocenters. The Bertz CT molecular complexity index is 415. The first kappa shape index (κ1) is 9.71. The van der Waals surface area contributed by atoms with Crippen LogP contribution in [0.3, 0.4) is 0 Å². The van der Waals surface area contributed by atoms with Crippen molar-refractivity contribution in [3.05, 3.63) is 36.2 Å². The maximum Gasteiger partial charge on any atom is 0.326 e. The van der Waals surface area contributed by atoms with E-state index in [0.29, 0.717) is 18.5 Å². The fourth-order valence-electron chi connectivity index (χ4n) is 1.65. The van der Waals surface area contributed by atoms with Gasteiger partial charge in [0.25, 0.3) is 0 Å². The maximum atomic E-state index is 11.5. The van der Waals surface area contributed by atoms with E-state index in [2.05, 4.69) is 6.42 Å². The molecule has 1 aliphatic heterocycles. The lowest BCUT2D eigenvalue weighted by molar-refractivity contribution is -0.114. The number of imide groups is 1. The van der Waals surface area contributed by atoms with Gasteiger partial charge >= 0.3 is 6.03 Å². The number of benzene rings is 1. The minimum Gasteiger partial charge on any atom is -0.351 e. The summed E-state index contributed by atoms with van der Waals surface area (Å²) >= 11 is 0. The highest BCUT2D eigenvalue weighted by Crippen LogP contribution is 2.25. The van der Waals surface area contributed by atoms with E-state index in [9.17, 15) is 9.59 Å². The molecule has 1 aliphatic rings. The van der Waals surface area contributed by atoms with Crippen molar-refractivity contribution in [3.63, 3.8) is 0 Å². The van der Waals surface area contributed by atoms with Crippen LogP contribution in [0.4, 0.5) is 10.5 Å². The topological polar surface area (TPSA) is 63.4 Å². The molecule has 0 atom stereocenters. The predicted octanol–water partition coefficient (Wildman–Crippen LogP) is 1.13. The van der Waals surface area contributed by atoms with Crippen LogP contribution >= 0.6 is 0 Å². The van der Waals surface area contributed by atoms with Crippen molar-refractivity contribution in [1.29, 1.82) is 0 Å². The standard InChI is InChI=1S/C11H10N2O2/c12-11(15)13-9-6-2-1-4-8(9)5-3-7-10(13)14/h1-2,4,6H,3,5H2,(H2,12,15). The van der Waals surface area contributed by atoms with Crippen molar-refractivity contribution in [3.8, 4) is 0 Å². The van der Waals surface area contributed by atoms with Gasteiger partial charge in [0.05, 0.1) is 12.1 Å². The highest BCUT2D eigenvalue weighted by atomic mass is 16.2. The van der Waals surface area contributed by atoms with E-state index >= 15 is 0 Å². The smallest absolute Gasteiger partial charge is 0.326 e. The molecule has 0 bridgehead atoms. The fourth-order valence-corrected chi connectivity index (χ4v) is 1.65. The number of primary amides is 1. The summed E-state index contributed by atoms with van der Waals surface area (Å²) in [5, 5.41) is 0. The zero-order valence-corrected chi connectivity index (χ0v) is 8.06. The van der Waals surface area contributed by atoms with Gasteiger partial charge in [0.1, 0.15) is 0 Å². The first-order valence-electron chi connectivity index (χ1n) is 4.65. The number of nitrogens with two attached hydrogens (primary N) is 1. The third-order valence-corrected chi connectivity index (χ3v) is 2.33. The van der Waals surface area contributed by atoms with Crippen LogP contribution in [0.1, 0.15) is 12.0 Å². The van der Waals surface area contributed by atoms with E-state index in [1.807, 2.05) is 12.1 Å². The molecule has 4 nitrogen and oxygen atoms in total. The molecule has 76 valence electrons. The lowest BCUT2D eigenvalue weighted by Crippen LogP contribution is -2.40. The average molecular weight is 202 g/mol. The Balaban J connectivity index is 2.52. The number of carbonyl (C=O) groups excluding carboxylic acids is 2. The number of carbonyl (C=O) groups is 2. The number of para-hydroxylation sites is 1. The van der Waals surface area contributed by atoms with Crippen LogP contribution in [0, 0.1) is 6.42 Å². The summed E-state index contributed by atoms with van der Waals surface area (Å²) in [7, 11) is 0. The number of nitrogens with zero attached hydrogens (tertiary/aromatic N) is 1. The Kier molecular flexibility index (Phi) is 2.41. The zero-order valence-electron chi connectivity index (χ0n) is 8.06. The van der Waals surface area contributed by atoms with E-state index < -0.39 is 11.9 Å². The largest absolute Gasteiger partial charge is 0.351 e. The molecular weight excluding hydrogens is 192 g/mol. The van der Waals surface area contributed by atoms with Crippen LogP contribution in [0.2, 0.25) is 0 Å². The Labute approximate surface area is 87.7 Å². The van der Waals surface area contributed by atoms with Crippen molar-refractivity contribution in [2.45, 2.75) is 12.8 Å². The zero-order chi connectivity index (χ0) is 10.8. The third-order valence-electron chi connectivity index (χ3n) is 2.33. The molecule has 15 heavy (non-hydrogen) atoms.